The summed E-state index contributed by atoms with van der Waals surface area (Å²) in [6.07, 6.45) is 8.28. The highest BCUT2D eigenvalue weighted by Gasteiger charge is 2.12. The molecule has 0 radical (unpaired) electrons. The standard InChI is InChI=1S/C30H27N.C16H13N/c1-3-4-6-10-25-11-9-14-30(23-25)31(28-12-7-5-8-13-28)29-21-19-27(20-22-29)26-17-15-24(2)16-18-26;1-2-9-14(10-3-1)17-16-12-6-8-13-7-4-5-11-15(13)16/h3-23H,1-2H3;1-12,17H/b4-3-,10-6-;. The molecule has 2 heteroatoms. The van der Waals surface area contributed by atoms with Crippen molar-refractivity contribution >= 4 is 45.3 Å². The van der Waals surface area contributed by atoms with Gasteiger partial charge in [-0.15, -0.1) is 0 Å². The highest BCUT2D eigenvalue weighted by Crippen LogP contribution is 2.36. The van der Waals surface area contributed by atoms with Gasteiger partial charge in [0, 0.05) is 33.8 Å². The highest BCUT2D eigenvalue weighted by atomic mass is 15.1. The molecule has 0 spiro atoms. The average Bonchev–Trinajstić information content (AvgIpc) is 3.14. The van der Waals surface area contributed by atoms with Crippen LogP contribution < -0.4 is 10.2 Å². The molecular weight excluding hydrogens is 581 g/mol. The van der Waals surface area contributed by atoms with E-state index in [2.05, 4.69) is 187 Å². The molecule has 2 nitrogen and oxygen atoms in total. The van der Waals surface area contributed by atoms with Crippen LogP contribution in [0, 0.1) is 6.92 Å². The second-order valence-corrected chi connectivity index (χ2v) is 11.6. The van der Waals surface area contributed by atoms with Crippen LogP contribution in [0.3, 0.4) is 0 Å². The number of fused-ring (bicyclic) bond motifs is 1. The Balaban J connectivity index is 0.000000198. The van der Waals surface area contributed by atoms with E-state index >= 15 is 0 Å². The van der Waals surface area contributed by atoms with Crippen molar-refractivity contribution in [2.75, 3.05) is 10.2 Å². The number of allylic oxidation sites excluding steroid dienone is 3. The van der Waals surface area contributed by atoms with Crippen molar-refractivity contribution in [1.82, 2.24) is 0 Å². The predicted molar refractivity (Wildman–Crippen MR) is 209 cm³/mol. The van der Waals surface area contributed by atoms with E-state index in [1.54, 1.807) is 0 Å². The fourth-order valence-electron chi connectivity index (χ4n) is 5.63. The van der Waals surface area contributed by atoms with E-state index < -0.39 is 0 Å². The maximum absolute atomic E-state index is 3.45. The first-order chi connectivity index (χ1) is 23.7. The smallest absolute Gasteiger partial charge is 0.0467 e. The van der Waals surface area contributed by atoms with Crippen molar-refractivity contribution < 1.29 is 0 Å². The fourth-order valence-corrected chi connectivity index (χ4v) is 5.63. The van der Waals surface area contributed by atoms with Gasteiger partial charge in [0.2, 0.25) is 0 Å². The summed E-state index contributed by atoms with van der Waals surface area (Å²) in [4.78, 5) is 2.30. The lowest BCUT2D eigenvalue weighted by Gasteiger charge is -2.26. The summed E-state index contributed by atoms with van der Waals surface area (Å²) in [5.74, 6) is 0. The summed E-state index contributed by atoms with van der Waals surface area (Å²) >= 11 is 0. The first-order valence-electron chi connectivity index (χ1n) is 16.4. The summed E-state index contributed by atoms with van der Waals surface area (Å²) < 4.78 is 0. The molecule has 0 saturated heterocycles. The Bertz CT molecular complexity index is 2090. The quantitative estimate of drug-likeness (QED) is 0.170. The molecule has 0 aliphatic carbocycles. The van der Waals surface area contributed by atoms with E-state index in [1.165, 1.54) is 33.0 Å². The minimum absolute atomic E-state index is 1.11. The molecule has 0 aromatic heterocycles. The van der Waals surface area contributed by atoms with Crippen LogP contribution in [0.15, 0.2) is 194 Å². The predicted octanol–water partition coefficient (Wildman–Crippen LogP) is 13.3. The SMILES string of the molecule is C/C=C\C=C/c1cccc(N(c2ccccc2)c2ccc(-c3ccc(C)cc3)cc2)c1.c1ccc(Nc2cccc3ccccc23)cc1. The maximum Gasteiger partial charge on any atom is 0.0467 e. The second-order valence-electron chi connectivity index (χ2n) is 11.6. The van der Waals surface area contributed by atoms with E-state index in [0.29, 0.717) is 0 Å². The van der Waals surface area contributed by atoms with E-state index in [-0.39, 0.29) is 0 Å². The number of nitrogens with zero attached hydrogens (tertiary/aromatic N) is 1. The Morgan fingerprint density at radius 2 is 1.08 bits per heavy atom. The van der Waals surface area contributed by atoms with Gasteiger partial charge in [-0.1, -0.05) is 151 Å². The van der Waals surface area contributed by atoms with Crippen molar-refractivity contribution in [3.05, 3.63) is 205 Å². The first-order valence-corrected chi connectivity index (χ1v) is 16.4. The first kappa shape index (κ1) is 31.8. The third-order valence-electron chi connectivity index (χ3n) is 8.09. The third-order valence-corrected chi connectivity index (χ3v) is 8.09. The van der Waals surface area contributed by atoms with E-state index in [1.807, 2.05) is 37.3 Å². The Kier molecular flexibility index (Phi) is 10.6. The molecule has 0 aliphatic rings. The van der Waals surface area contributed by atoms with Crippen LogP contribution >= 0.6 is 0 Å². The molecule has 7 aromatic rings. The van der Waals surface area contributed by atoms with Crippen molar-refractivity contribution in [2.45, 2.75) is 13.8 Å². The van der Waals surface area contributed by atoms with Gasteiger partial charge in [-0.2, -0.15) is 0 Å². The summed E-state index contributed by atoms with van der Waals surface area (Å²) in [6, 6.07) is 61.6. The van der Waals surface area contributed by atoms with E-state index in [4.69, 9.17) is 0 Å². The zero-order valence-corrected chi connectivity index (χ0v) is 27.5. The molecular formula is C46H40N2. The topological polar surface area (TPSA) is 15.3 Å². The monoisotopic (exact) mass is 620 g/mol. The van der Waals surface area contributed by atoms with Crippen LogP contribution in [0.4, 0.5) is 28.4 Å². The second kappa shape index (κ2) is 15.9. The van der Waals surface area contributed by atoms with Crippen LogP contribution in [0.5, 0.6) is 0 Å². The molecule has 0 fully saturated rings. The maximum atomic E-state index is 3.45. The van der Waals surface area contributed by atoms with E-state index in [0.717, 1.165) is 28.4 Å². The molecule has 1 N–H and O–H groups in total. The number of hydrogen-bond acceptors (Lipinski definition) is 2. The van der Waals surface area contributed by atoms with Crippen LogP contribution in [0.1, 0.15) is 18.1 Å². The van der Waals surface area contributed by atoms with E-state index in [9.17, 15) is 0 Å². The third kappa shape index (κ3) is 8.17. The van der Waals surface area contributed by atoms with Gasteiger partial charge in [0.05, 0.1) is 0 Å². The summed E-state index contributed by atoms with van der Waals surface area (Å²) in [5.41, 5.74) is 10.6. The number of rotatable bonds is 8. The lowest BCUT2D eigenvalue weighted by molar-refractivity contribution is 1.28. The van der Waals surface area contributed by atoms with Crippen molar-refractivity contribution in [3.63, 3.8) is 0 Å². The summed E-state index contributed by atoms with van der Waals surface area (Å²) in [6.45, 7) is 4.14. The molecule has 0 saturated carbocycles. The highest BCUT2D eigenvalue weighted by molar-refractivity contribution is 5.95. The van der Waals surface area contributed by atoms with Gasteiger partial charge in [-0.25, -0.2) is 0 Å². The minimum atomic E-state index is 1.11. The van der Waals surface area contributed by atoms with Gasteiger partial charge < -0.3 is 10.2 Å². The van der Waals surface area contributed by atoms with Crippen LogP contribution in [0.2, 0.25) is 0 Å². The summed E-state index contributed by atoms with van der Waals surface area (Å²) in [7, 11) is 0. The molecule has 0 atom stereocenters. The van der Waals surface area contributed by atoms with Crippen LogP contribution in [0.25, 0.3) is 28.0 Å². The average molecular weight is 621 g/mol. The molecule has 0 bridgehead atoms. The number of para-hydroxylation sites is 2. The lowest BCUT2D eigenvalue weighted by atomic mass is 10.0. The van der Waals surface area contributed by atoms with Crippen molar-refractivity contribution in [2.24, 2.45) is 0 Å². The molecule has 0 aliphatic heterocycles. The zero-order chi connectivity index (χ0) is 33.0. The zero-order valence-electron chi connectivity index (χ0n) is 27.5. The minimum Gasteiger partial charge on any atom is -0.355 e. The van der Waals surface area contributed by atoms with Gasteiger partial charge in [-0.3, -0.25) is 0 Å². The molecule has 7 aromatic carbocycles. The van der Waals surface area contributed by atoms with Crippen molar-refractivity contribution in [3.8, 4) is 11.1 Å². The number of hydrogen-bond donors (Lipinski definition) is 1. The number of benzene rings is 7. The van der Waals surface area contributed by atoms with Crippen LogP contribution in [-0.4, -0.2) is 0 Å². The Hall–Kier alpha value is -6.12. The Morgan fingerprint density at radius 3 is 1.81 bits per heavy atom. The summed E-state index contributed by atoms with van der Waals surface area (Å²) in [5, 5.41) is 5.95. The number of nitrogens with one attached hydrogen (secondary N) is 1. The van der Waals surface area contributed by atoms with Gasteiger partial charge in [0.25, 0.3) is 0 Å². The van der Waals surface area contributed by atoms with Gasteiger partial charge in [0.15, 0.2) is 0 Å². The fraction of sp³-hybridized carbons (Fsp3) is 0.0435. The van der Waals surface area contributed by atoms with Crippen molar-refractivity contribution in [1.29, 1.82) is 0 Å². The molecule has 48 heavy (non-hydrogen) atoms. The molecule has 7 rings (SSSR count). The van der Waals surface area contributed by atoms with Gasteiger partial charge in [-0.05, 0) is 90.5 Å². The molecule has 0 heterocycles. The van der Waals surface area contributed by atoms with Gasteiger partial charge in [0.1, 0.15) is 0 Å². The number of aryl methyl sites for hydroxylation is 1. The number of anilines is 5. The normalized spacial score (nSPS) is 11.0. The lowest BCUT2D eigenvalue weighted by Crippen LogP contribution is -2.09. The molecule has 234 valence electrons. The molecule has 0 amide bonds. The largest absolute Gasteiger partial charge is 0.355 e. The van der Waals surface area contributed by atoms with Gasteiger partial charge >= 0.3 is 0 Å². The molecule has 0 unspecified atom stereocenters. The Labute approximate surface area is 285 Å². The Morgan fingerprint density at radius 1 is 0.500 bits per heavy atom. The van der Waals surface area contributed by atoms with Crippen LogP contribution in [-0.2, 0) is 0 Å².